The lowest BCUT2D eigenvalue weighted by Gasteiger charge is -2.18. The molecule has 2 heterocycles. The molecule has 0 saturated carbocycles. The highest BCUT2D eigenvalue weighted by atomic mass is 16.2. The maximum atomic E-state index is 12.9. The van der Waals surface area contributed by atoms with Gasteiger partial charge in [0.2, 0.25) is 5.91 Å². The Morgan fingerprint density at radius 2 is 1.90 bits per heavy atom. The van der Waals surface area contributed by atoms with Crippen molar-refractivity contribution in [2.75, 3.05) is 24.3 Å². The quantitative estimate of drug-likeness (QED) is 0.711. The predicted octanol–water partition coefficient (Wildman–Crippen LogP) is 3.05. The molecule has 0 radical (unpaired) electrons. The number of hydrogen-bond donors (Lipinski definition) is 1. The zero-order valence-corrected chi connectivity index (χ0v) is 17.4. The molecule has 0 spiro atoms. The third-order valence-electron chi connectivity index (χ3n) is 5.28. The van der Waals surface area contributed by atoms with Gasteiger partial charge in [-0.25, -0.2) is 0 Å². The van der Waals surface area contributed by atoms with Crippen molar-refractivity contribution in [3.8, 4) is 0 Å². The summed E-state index contributed by atoms with van der Waals surface area (Å²) in [6.07, 6.45) is 3.44. The van der Waals surface area contributed by atoms with E-state index in [4.69, 9.17) is 0 Å². The molecule has 1 N–H and O–H groups in total. The van der Waals surface area contributed by atoms with Crippen molar-refractivity contribution in [1.29, 1.82) is 0 Å². The molecule has 1 aromatic heterocycles. The van der Waals surface area contributed by atoms with Gasteiger partial charge in [-0.2, -0.15) is 5.10 Å². The summed E-state index contributed by atoms with van der Waals surface area (Å²) in [5.74, 6) is -0.126. The highest BCUT2D eigenvalue weighted by Gasteiger charge is 2.24. The lowest BCUT2D eigenvalue weighted by atomic mass is 10.1. The molecule has 0 aliphatic carbocycles. The Labute approximate surface area is 175 Å². The fourth-order valence-corrected chi connectivity index (χ4v) is 3.68. The van der Waals surface area contributed by atoms with Crippen LogP contribution in [-0.2, 0) is 24.4 Å². The molecule has 2 amide bonds. The SMILES string of the molecule is Cc1ccc(C(=O)Nc2ccc3c(c2)CN(C(=O)Cn2cccn2)C3)c(N(C)C)c1. The first-order chi connectivity index (χ1) is 14.4. The fraction of sp³-hybridized carbons (Fsp3) is 0.261. The molecule has 0 bridgehead atoms. The van der Waals surface area contributed by atoms with Crippen molar-refractivity contribution >= 4 is 23.2 Å². The number of benzene rings is 2. The normalized spacial score (nSPS) is 12.6. The molecule has 0 atom stereocenters. The Balaban J connectivity index is 1.46. The maximum Gasteiger partial charge on any atom is 0.257 e. The summed E-state index contributed by atoms with van der Waals surface area (Å²) >= 11 is 0. The third kappa shape index (κ3) is 4.05. The molecule has 7 nitrogen and oxygen atoms in total. The molecule has 0 fully saturated rings. The molecule has 154 valence electrons. The van der Waals surface area contributed by atoms with Crippen LogP contribution in [-0.4, -0.2) is 40.6 Å². The minimum Gasteiger partial charge on any atom is -0.377 e. The van der Waals surface area contributed by atoms with E-state index in [0.29, 0.717) is 18.7 Å². The van der Waals surface area contributed by atoms with E-state index < -0.39 is 0 Å². The van der Waals surface area contributed by atoms with E-state index >= 15 is 0 Å². The van der Waals surface area contributed by atoms with Gasteiger partial charge >= 0.3 is 0 Å². The van der Waals surface area contributed by atoms with E-state index in [9.17, 15) is 9.59 Å². The highest BCUT2D eigenvalue weighted by Crippen LogP contribution is 2.27. The van der Waals surface area contributed by atoms with E-state index in [1.54, 1.807) is 23.1 Å². The fourth-order valence-electron chi connectivity index (χ4n) is 3.68. The average molecular weight is 403 g/mol. The molecule has 3 aromatic rings. The van der Waals surface area contributed by atoms with Crippen LogP contribution in [0.25, 0.3) is 0 Å². The van der Waals surface area contributed by atoms with E-state index in [1.807, 2.05) is 67.2 Å². The van der Waals surface area contributed by atoms with Gasteiger partial charge in [0.15, 0.2) is 0 Å². The van der Waals surface area contributed by atoms with Gasteiger partial charge in [-0.15, -0.1) is 0 Å². The van der Waals surface area contributed by atoms with Crippen molar-refractivity contribution in [2.45, 2.75) is 26.6 Å². The zero-order valence-electron chi connectivity index (χ0n) is 17.4. The van der Waals surface area contributed by atoms with Gasteiger partial charge in [-0.05, 0) is 53.9 Å². The van der Waals surface area contributed by atoms with Crippen LogP contribution < -0.4 is 10.2 Å². The Bertz CT molecular complexity index is 1090. The van der Waals surface area contributed by atoms with Crippen molar-refractivity contribution in [3.05, 3.63) is 77.1 Å². The summed E-state index contributed by atoms with van der Waals surface area (Å²) in [5.41, 5.74) is 5.49. The predicted molar refractivity (Wildman–Crippen MR) is 116 cm³/mol. The number of fused-ring (bicyclic) bond motifs is 1. The van der Waals surface area contributed by atoms with E-state index in [-0.39, 0.29) is 18.4 Å². The van der Waals surface area contributed by atoms with Crippen LogP contribution in [0.15, 0.2) is 54.9 Å². The third-order valence-corrected chi connectivity index (χ3v) is 5.28. The number of carbonyl (C=O) groups is 2. The van der Waals surface area contributed by atoms with E-state index in [0.717, 1.165) is 28.1 Å². The Morgan fingerprint density at radius 3 is 2.63 bits per heavy atom. The lowest BCUT2D eigenvalue weighted by molar-refractivity contribution is -0.132. The number of carbonyl (C=O) groups excluding carboxylic acids is 2. The molecule has 1 aliphatic rings. The van der Waals surface area contributed by atoms with Crippen LogP contribution in [0.2, 0.25) is 0 Å². The summed E-state index contributed by atoms with van der Waals surface area (Å²) in [6, 6.07) is 13.4. The number of rotatable bonds is 5. The second-order valence-corrected chi connectivity index (χ2v) is 7.81. The highest BCUT2D eigenvalue weighted by molar-refractivity contribution is 6.08. The number of nitrogens with one attached hydrogen (secondary N) is 1. The zero-order chi connectivity index (χ0) is 21.3. The van der Waals surface area contributed by atoms with Gasteiger partial charge in [-0.1, -0.05) is 12.1 Å². The number of amides is 2. The molecule has 1 aliphatic heterocycles. The topological polar surface area (TPSA) is 70.5 Å². The van der Waals surface area contributed by atoms with Gasteiger partial charge in [0.25, 0.3) is 5.91 Å². The molecule has 4 rings (SSSR count). The Hall–Kier alpha value is -3.61. The summed E-state index contributed by atoms with van der Waals surface area (Å²) < 4.78 is 1.63. The van der Waals surface area contributed by atoms with Gasteiger partial charge < -0.3 is 15.1 Å². The van der Waals surface area contributed by atoms with Crippen LogP contribution >= 0.6 is 0 Å². The molecule has 30 heavy (non-hydrogen) atoms. The first-order valence-electron chi connectivity index (χ1n) is 9.87. The summed E-state index contributed by atoms with van der Waals surface area (Å²) in [6.45, 7) is 3.35. The first-order valence-corrected chi connectivity index (χ1v) is 9.87. The smallest absolute Gasteiger partial charge is 0.257 e. The lowest BCUT2D eigenvalue weighted by Crippen LogP contribution is -2.29. The van der Waals surface area contributed by atoms with Gasteiger partial charge in [-0.3, -0.25) is 14.3 Å². The summed E-state index contributed by atoms with van der Waals surface area (Å²) in [5, 5.41) is 7.10. The second kappa shape index (κ2) is 8.02. The number of hydrogen-bond acceptors (Lipinski definition) is 4. The molecular weight excluding hydrogens is 378 g/mol. The maximum absolute atomic E-state index is 12.9. The van der Waals surface area contributed by atoms with Crippen molar-refractivity contribution < 1.29 is 9.59 Å². The van der Waals surface area contributed by atoms with Crippen LogP contribution in [0, 0.1) is 6.92 Å². The number of nitrogens with zero attached hydrogens (tertiary/aromatic N) is 4. The van der Waals surface area contributed by atoms with Crippen LogP contribution in [0.4, 0.5) is 11.4 Å². The van der Waals surface area contributed by atoms with Gasteiger partial charge in [0.05, 0.1) is 5.56 Å². The van der Waals surface area contributed by atoms with Crippen molar-refractivity contribution in [3.63, 3.8) is 0 Å². The molecular formula is C23H25N5O2. The molecule has 2 aromatic carbocycles. The summed E-state index contributed by atoms with van der Waals surface area (Å²) in [4.78, 5) is 29.2. The van der Waals surface area contributed by atoms with Gasteiger partial charge in [0, 0.05) is 51.0 Å². The van der Waals surface area contributed by atoms with Crippen molar-refractivity contribution in [2.24, 2.45) is 0 Å². The standard InChI is InChI=1S/C23H25N5O2/c1-16-5-8-20(21(11-16)26(2)3)23(30)25-19-7-6-17-13-27(14-18(17)12-19)22(29)15-28-10-4-9-24-28/h4-12H,13-15H2,1-3H3,(H,25,30). The number of aromatic nitrogens is 2. The van der Waals surface area contributed by atoms with Gasteiger partial charge in [0.1, 0.15) is 6.54 Å². The van der Waals surface area contributed by atoms with Crippen LogP contribution in [0.3, 0.4) is 0 Å². The molecule has 7 heteroatoms. The monoisotopic (exact) mass is 403 g/mol. The largest absolute Gasteiger partial charge is 0.377 e. The molecule has 0 unspecified atom stereocenters. The average Bonchev–Trinajstić information content (AvgIpc) is 3.37. The number of aryl methyl sites for hydroxylation is 1. The van der Waals surface area contributed by atoms with Crippen LogP contribution in [0.1, 0.15) is 27.0 Å². The summed E-state index contributed by atoms with van der Waals surface area (Å²) in [7, 11) is 3.85. The Kier molecular flexibility index (Phi) is 5.27. The number of anilines is 2. The molecule has 0 saturated heterocycles. The van der Waals surface area contributed by atoms with Crippen LogP contribution in [0.5, 0.6) is 0 Å². The van der Waals surface area contributed by atoms with Crippen molar-refractivity contribution in [1.82, 2.24) is 14.7 Å². The van der Waals surface area contributed by atoms with E-state index in [2.05, 4.69) is 10.4 Å². The second-order valence-electron chi connectivity index (χ2n) is 7.81. The Morgan fingerprint density at radius 1 is 1.10 bits per heavy atom. The van der Waals surface area contributed by atoms with E-state index in [1.165, 1.54) is 0 Å². The first kappa shape index (κ1) is 19.7. The minimum absolute atomic E-state index is 0.0239. The minimum atomic E-state index is -0.150.